The lowest BCUT2D eigenvalue weighted by molar-refractivity contribution is 1.38. The normalized spacial score (nSPS) is 18.9. The summed E-state index contributed by atoms with van der Waals surface area (Å²) in [6, 6.07) is 19.9. The Morgan fingerprint density at radius 2 is 1.52 bits per heavy atom. The maximum absolute atomic E-state index is 5.65. The maximum Gasteiger partial charge on any atom is 0.234 e. The Morgan fingerprint density at radius 3 is 2.14 bits per heavy atom. The molecule has 1 aliphatic heterocycles. The average Bonchev–Trinajstić information content (AvgIpc) is 2.71. The van der Waals surface area contributed by atoms with Gasteiger partial charge in [0.2, 0.25) is 5.96 Å². The lowest BCUT2D eigenvalue weighted by Gasteiger charge is -2.20. The number of nitrogens with zero attached hydrogens (tertiary/aromatic N) is 3. The summed E-state index contributed by atoms with van der Waals surface area (Å²) in [5.74, 6) is 0.690. The predicted octanol–water partition coefficient (Wildman–Crippen LogP) is 4.94. The molecule has 0 aliphatic carbocycles. The van der Waals surface area contributed by atoms with Gasteiger partial charge >= 0.3 is 0 Å². The molecule has 0 saturated carbocycles. The second-order valence-corrected chi connectivity index (χ2v) is 9.30. The number of hydrogen-bond donors (Lipinski definition) is 0. The molecule has 21 heavy (non-hydrogen) atoms. The minimum Gasteiger partial charge on any atom is -0.268 e. The highest BCUT2D eigenvalue weighted by Gasteiger charge is 2.32. The van der Waals surface area contributed by atoms with Crippen LogP contribution in [0.5, 0.6) is 0 Å². The number of thiocarbonyl (C=S) groups is 1. The number of hydrogen-bond acceptors (Lipinski definition) is 2. The van der Waals surface area contributed by atoms with E-state index in [0.717, 1.165) is 16.1 Å². The Bertz CT molecular complexity index is 748. The van der Waals surface area contributed by atoms with E-state index < -0.39 is 7.05 Å². The van der Waals surface area contributed by atoms with Gasteiger partial charge in [0.15, 0.2) is 0 Å². The summed E-state index contributed by atoms with van der Waals surface area (Å²) in [5, 5.41) is 0. The molecule has 0 amide bonds. The predicted molar refractivity (Wildman–Crippen MR) is 96.3 cm³/mol. The van der Waals surface area contributed by atoms with Crippen LogP contribution in [0.4, 0.5) is 11.4 Å². The van der Waals surface area contributed by atoms with Crippen LogP contribution in [0.2, 0.25) is 0 Å². The summed E-state index contributed by atoms with van der Waals surface area (Å²) < 4.78 is 5.68. The first-order valence-corrected chi connectivity index (χ1v) is 9.73. The van der Waals surface area contributed by atoms with Crippen LogP contribution in [-0.4, -0.2) is 24.0 Å². The van der Waals surface area contributed by atoms with Crippen molar-refractivity contribution in [2.24, 2.45) is 9.74 Å². The number of rotatable bonds is 2. The number of anilines is 1. The van der Waals surface area contributed by atoms with Gasteiger partial charge in [-0.05, 0) is 37.6 Å². The smallest absolute Gasteiger partial charge is 0.234 e. The molecule has 106 valence electrons. The third kappa shape index (κ3) is 2.82. The van der Waals surface area contributed by atoms with Crippen molar-refractivity contribution in [1.82, 2.24) is 0 Å². The fraction of sp³-hybridized carbons (Fsp3) is 0.125. The van der Waals surface area contributed by atoms with Crippen molar-refractivity contribution in [2.75, 3.05) is 18.2 Å². The number of guanidine groups is 1. The van der Waals surface area contributed by atoms with Crippen LogP contribution in [0, 0.1) is 0 Å². The summed E-state index contributed by atoms with van der Waals surface area (Å²) in [5.41, 5.74) is 1.91. The van der Waals surface area contributed by atoms with Crippen LogP contribution in [0.1, 0.15) is 0 Å². The van der Waals surface area contributed by atoms with E-state index in [2.05, 4.69) is 18.3 Å². The van der Waals surface area contributed by atoms with E-state index in [4.69, 9.17) is 17.0 Å². The van der Waals surface area contributed by atoms with Gasteiger partial charge in [0.1, 0.15) is 4.73 Å². The first-order chi connectivity index (χ1) is 10.1. The van der Waals surface area contributed by atoms with Gasteiger partial charge in [0, 0.05) is 7.05 Å². The van der Waals surface area contributed by atoms with Crippen LogP contribution in [0.15, 0.2) is 70.4 Å². The van der Waals surface area contributed by atoms with Gasteiger partial charge in [-0.2, -0.15) is 0 Å². The monoisotopic (exact) mass is 313 g/mol. The van der Waals surface area contributed by atoms with Gasteiger partial charge in [-0.3, -0.25) is 4.90 Å². The number of aliphatic imine (C=N–C) groups is 1. The Hall–Kier alpha value is -1.77. The quantitative estimate of drug-likeness (QED) is 0.580. The molecule has 0 aromatic heterocycles. The molecule has 0 spiro atoms. The van der Waals surface area contributed by atoms with Crippen molar-refractivity contribution < 1.29 is 0 Å². The van der Waals surface area contributed by atoms with E-state index in [1.807, 2.05) is 65.6 Å². The molecule has 0 bridgehead atoms. The Labute approximate surface area is 130 Å². The fourth-order valence-corrected chi connectivity index (χ4v) is 3.81. The highest BCUT2D eigenvalue weighted by atomic mass is 32.1. The maximum atomic E-state index is 5.65. The first kappa shape index (κ1) is 14.2. The molecule has 2 aromatic carbocycles. The van der Waals surface area contributed by atoms with Crippen LogP contribution >= 0.6 is 19.3 Å². The van der Waals surface area contributed by atoms with Crippen LogP contribution in [-0.2, 0) is 0 Å². The molecule has 5 heteroatoms. The molecule has 0 saturated heterocycles. The second-order valence-electron chi connectivity index (χ2n) is 5.20. The number of benzene rings is 2. The highest BCUT2D eigenvalue weighted by molar-refractivity contribution is 8.02. The van der Waals surface area contributed by atoms with Gasteiger partial charge in [-0.25, -0.2) is 9.74 Å². The zero-order valence-electron chi connectivity index (χ0n) is 12.0. The minimum absolute atomic E-state index is 0.690. The van der Waals surface area contributed by atoms with E-state index in [-0.39, 0.29) is 0 Å². The summed E-state index contributed by atoms with van der Waals surface area (Å²) >= 11 is 5.65. The van der Waals surface area contributed by atoms with Crippen LogP contribution in [0.3, 0.4) is 0 Å². The standard InChI is InChI=1S/C16H16N3PS/c1-20(2)16(21)19(14-11-7-4-8-12-14)15(18-20)17-13-9-5-3-6-10-13/h3-12H,1-2H3. The Balaban J connectivity index is 2.10. The van der Waals surface area contributed by atoms with E-state index in [1.165, 1.54) is 0 Å². The van der Waals surface area contributed by atoms with Gasteiger partial charge in [0.05, 0.1) is 11.4 Å². The summed E-state index contributed by atoms with van der Waals surface area (Å²) in [4.78, 5) is 6.67. The molecule has 0 unspecified atom stereocenters. The van der Waals surface area contributed by atoms with E-state index in [9.17, 15) is 0 Å². The molecule has 0 atom stereocenters. The lowest BCUT2D eigenvalue weighted by atomic mass is 10.3. The summed E-state index contributed by atoms with van der Waals surface area (Å²) in [6.07, 6.45) is 0. The summed E-state index contributed by atoms with van der Waals surface area (Å²) in [7, 11) is -1.65. The summed E-state index contributed by atoms with van der Waals surface area (Å²) in [6.45, 7) is 4.25. The van der Waals surface area contributed by atoms with Crippen LogP contribution < -0.4 is 4.90 Å². The molecule has 0 N–H and O–H groups in total. The molecule has 3 nitrogen and oxygen atoms in total. The molecule has 2 aromatic rings. The molecular formula is C16H16N3PS. The first-order valence-electron chi connectivity index (χ1n) is 6.69. The molecular weight excluding hydrogens is 297 g/mol. The fourth-order valence-electron chi connectivity index (χ4n) is 2.13. The van der Waals surface area contributed by atoms with Crippen molar-refractivity contribution >= 4 is 41.3 Å². The van der Waals surface area contributed by atoms with Gasteiger partial charge < -0.3 is 0 Å². The van der Waals surface area contributed by atoms with Crippen molar-refractivity contribution in [3.63, 3.8) is 0 Å². The van der Waals surface area contributed by atoms with Gasteiger partial charge in [-0.1, -0.05) is 48.6 Å². The molecule has 1 heterocycles. The Kier molecular flexibility index (Phi) is 3.75. The zero-order chi connectivity index (χ0) is 14.9. The van der Waals surface area contributed by atoms with E-state index in [1.54, 1.807) is 0 Å². The van der Waals surface area contributed by atoms with Crippen molar-refractivity contribution in [2.45, 2.75) is 0 Å². The third-order valence-electron chi connectivity index (χ3n) is 3.20. The topological polar surface area (TPSA) is 28.0 Å². The second kappa shape index (κ2) is 5.55. The zero-order valence-corrected chi connectivity index (χ0v) is 13.7. The van der Waals surface area contributed by atoms with Crippen molar-refractivity contribution in [3.05, 3.63) is 60.7 Å². The van der Waals surface area contributed by atoms with Gasteiger partial charge in [0.25, 0.3) is 0 Å². The molecule has 0 radical (unpaired) electrons. The SMILES string of the molecule is CP1(C)=NC(=Nc2ccccc2)N(c2ccccc2)C1=S. The minimum atomic E-state index is -1.65. The molecule has 0 fully saturated rings. The Morgan fingerprint density at radius 1 is 0.952 bits per heavy atom. The van der Waals surface area contributed by atoms with Crippen molar-refractivity contribution in [1.29, 1.82) is 0 Å². The van der Waals surface area contributed by atoms with Crippen LogP contribution in [0.25, 0.3) is 0 Å². The lowest BCUT2D eigenvalue weighted by Crippen LogP contribution is -2.28. The highest BCUT2D eigenvalue weighted by Crippen LogP contribution is 2.50. The third-order valence-corrected chi connectivity index (χ3v) is 6.54. The van der Waals surface area contributed by atoms with Gasteiger partial charge in [-0.15, -0.1) is 0 Å². The number of para-hydroxylation sites is 2. The molecule has 3 rings (SSSR count). The largest absolute Gasteiger partial charge is 0.268 e. The molecule has 1 aliphatic rings. The van der Waals surface area contributed by atoms with E-state index >= 15 is 0 Å². The van der Waals surface area contributed by atoms with E-state index in [0.29, 0.717) is 5.96 Å². The average molecular weight is 313 g/mol. The van der Waals surface area contributed by atoms with Crippen molar-refractivity contribution in [3.8, 4) is 0 Å².